The van der Waals surface area contributed by atoms with Crippen LogP contribution in [0.15, 0.2) is 24.3 Å². The van der Waals surface area contributed by atoms with Crippen molar-refractivity contribution in [3.05, 3.63) is 24.3 Å². The Morgan fingerprint density at radius 1 is 1.00 bits per heavy atom. The van der Waals surface area contributed by atoms with Crippen LogP contribution in [0.5, 0.6) is 11.5 Å². The van der Waals surface area contributed by atoms with Crippen molar-refractivity contribution in [3.8, 4) is 11.5 Å². The summed E-state index contributed by atoms with van der Waals surface area (Å²) in [6.45, 7) is 2.50. The number of hydrogen-bond acceptors (Lipinski definition) is 4. The number of methoxy groups -OCH3 is 1. The van der Waals surface area contributed by atoms with Gasteiger partial charge in [-0.05, 0) is 37.1 Å². The molecule has 1 aromatic carbocycles. The minimum Gasteiger partial charge on any atom is -0.497 e. The lowest BCUT2D eigenvalue weighted by Crippen LogP contribution is -2.31. The third-order valence-corrected chi connectivity index (χ3v) is 3.41. The largest absolute Gasteiger partial charge is 0.497 e. The first-order valence-corrected chi connectivity index (χ1v) is 6.68. The molecule has 0 aliphatic carbocycles. The van der Waals surface area contributed by atoms with E-state index in [2.05, 4.69) is 0 Å². The number of aliphatic hydroxyl groups is 2. The second kappa shape index (κ2) is 8.02. The molecule has 0 radical (unpaired) electrons. The molecule has 0 saturated carbocycles. The van der Waals surface area contributed by atoms with Gasteiger partial charge in [-0.15, -0.1) is 0 Å². The first-order chi connectivity index (χ1) is 9.19. The lowest BCUT2D eigenvalue weighted by Gasteiger charge is -2.29. The highest BCUT2D eigenvalue weighted by atomic mass is 16.5. The van der Waals surface area contributed by atoms with Crippen molar-refractivity contribution >= 4 is 0 Å². The maximum Gasteiger partial charge on any atom is 0.119 e. The summed E-state index contributed by atoms with van der Waals surface area (Å²) >= 11 is 0. The zero-order valence-electron chi connectivity index (χ0n) is 11.8. The lowest BCUT2D eigenvalue weighted by molar-refractivity contribution is 0.0280. The molecule has 0 atom stereocenters. The molecule has 1 rings (SSSR count). The van der Waals surface area contributed by atoms with E-state index >= 15 is 0 Å². The molecule has 0 aromatic heterocycles. The minimum absolute atomic E-state index is 0.0106. The van der Waals surface area contributed by atoms with Crippen LogP contribution < -0.4 is 9.47 Å². The van der Waals surface area contributed by atoms with Crippen molar-refractivity contribution in [1.29, 1.82) is 0 Å². The van der Waals surface area contributed by atoms with Crippen LogP contribution >= 0.6 is 0 Å². The van der Waals surface area contributed by atoms with E-state index < -0.39 is 5.41 Å². The van der Waals surface area contributed by atoms with Crippen LogP contribution in [0.1, 0.15) is 26.2 Å². The Balaban J connectivity index is 2.46. The highest BCUT2D eigenvalue weighted by molar-refractivity contribution is 5.31. The van der Waals surface area contributed by atoms with Crippen LogP contribution in [0.25, 0.3) is 0 Å². The van der Waals surface area contributed by atoms with E-state index in [0.29, 0.717) is 13.0 Å². The van der Waals surface area contributed by atoms with E-state index in [4.69, 9.17) is 9.47 Å². The van der Waals surface area contributed by atoms with Crippen molar-refractivity contribution < 1.29 is 19.7 Å². The first-order valence-electron chi connectivity index (χ1n) is 6.68. The second-order valence-corrected chi connectivity index (χ2v) is 4.84. The Kier molecular flexibility index (Phi) is 6.67. The van der Waals surface area contributed by atoms with Crippen molar-refractivity contribution in [2.24, 2.45) is 5.41 Å². The Morgan fingerprint density at radius 2 is 1.58 bits per heavy atom. The van der Waals surface area contributed by atoms with Gasteiger partial charge >= 0.3 is 0 Å². The quantitative estimate of drug-likeness (QED) is 0.721. The summed E-state index contributed by atoms with van der Waals surface area (Å²) in [4.78, 5) is 0. The summed E-state index contributed by atoms with van der Waals surface area (Å²) in [5.74, 6) is 1.56. The van der Waals surface area contributed by atoms with Gasteiger partial charge < -0.3 is 19.7 Å². The van der Waals surface area contributed by atoms with Gasteiger partial charge in [0.2, 0.25) is 0 Å². The Labute approximate surface area is 115 Å². The zero-order valence-corrected chi connectivity index (χ0v) is 11.8. The van der Waals surface area contributed by atoms with Gasteiger partial charge in [-0.3, -0.25) is 0 Å². The molecule has 0 fully saturated rings. The fourth-order valence-electron chi connectivity index (χ4n) is 2.08. The molecule has 108 valence electrons. The molecule has 1 aromatic rings. The summed E-state index contributed by atoms with van der Waals surface area (Å²) in [6.07, 6.45) is 2.37. The summed E-state index contributed by atoms with van der Waals surface area (Å²) in [5.41, 5.74) is -0.429. The van der Waals surface area contributed by atoms with Gasteiger partial charge in [0.25, 0.3) is 0 Å². The number of benzene rings is 1. The molecule has 0 unspecified atom stereocenters. The van der Waals surface area contributed by atoms with Crippen molar-refractivity contribution in [2.45, 2.75) is 26.2 Å². The minimum atomic E-state index is -0.429. The van der Waals surface area contributed by atoms with Gasteiger partial charge in [-0.2, -0.15) is 0 Å². The number of ether oxygens (including phenoxy) is 2. The summed E-state index contributed by atoms with van der Waals surface area (Å²) in [6, 6.07) is 7.37. The molecule has 0 aliphatic rings. The third-order valence-electron chi connectivity index (χ3n) is 3.41. The standard InChI is InChI=1S/C15H24O4/c1-3-8-15(11-16,12-17)9-10-19-14-6-4-13(18-2)5-7-14/h4-7,16-17H,3,8-12H2,1-2H3. The predicted molar refractivity (Wildman–Crippen MR) is 74.6 cm³/mol. The van der Waals surface area contributed by atoms with Gasteiger partial charge in [0.15, 0.2) is 0 Å². The average Bonchev–Trinajstić information content (AvgIpc) is 2.47. The summed E-state index contributed by atoms with van der Waals surface area (Å²) < 4.78 is 10.7. The number of hydrogen-bond donors (Lipinski definition) is 2. The number of rotatable bonds is 9. The van der Waals surface area contributed by atoms with Crippen LogP contribution in [0.2, 0.25) is 0 Å². The molecule has 0 saturated heterocycles. The monoisotopic (exact) mass is 268 g/mol. The van der Waals surface area contributed by atoms with E-state index in [1.54, 1.807) is 7.11 Å². The van der Waals surface area contributed by atoms with E-state index in [1.165, 1.54) is 0 Å². The third kappa shape index (κ3) is 4.73. The molecule has 0 bridgehead atoms. The molecule has 0 amide bonds. The first kappa shape index (κ1) is 15.8. The highest BCUT2D eigenvalue weighted by Gasteiger charge is 2.27. The fourth-order valence-corrected chi connectivity index (χ4v) is 2.08. The molecule has 2 N–H and O–H groups in total. The van der Waals surface area contributed by atoms with Crippen molar-refractivity contribution in [1.82, 2.24) is 0 Å². The van der Waals surface area contributed by atoms with Crippen LogP contribution in [-0.4, -0.2) is 37.1 Å². The fraction of sp³-hybridized carbons (Fsp3) is 0.600. The summed E-state index contributed by atoms with van der Waals surface area (Å²) in [5, 5.41) is 18.9. The Morgan fingerprint density at radius 3 is 2.05 bits per heavy atom. The SMILES string of the molecule is CCCC(CO)(CO)CCOc1ccc(OC)cc1. The second-order valence-electron chi connectivity index (χ2n) is 4.84. The molecular weight excluding hydrogens is 244 g/mol. The van der Waals surface area contributed by atoms with E-state index in [1.807, 2.05) is 31.2 Å². The van der Waals surface area contributed by atoms with Gasteiger partial charge in [0, 0.05) is 5.41 Å². The number of aliphatic hydroxyl groups excluding tert-OH is 2. The zero-order chi connectivity index (χ0) is 14.1. The van der Waals surface area contributed by atoms with Crippen molar-refractivity contribution in [2.75, 3.05) is 26.9 Å². The van der Waals surface area contributed by atoms with E-state index in [-0.39, 0.29) is 13.2 Å². The van der Waals surface area contributed by atoms with Gasteiger partial charge in [-0.25, -0.2) is 0 Å². The average molecular weight is 268 g/mol. The van der Waals surface area contributed by atoms with Crippen molar-refractivity contribution in [3.63, 3.8) is 0 Å². The smallest absolute Gasteiger partial charge is 0.119 e. The molecular formula is C15H24O4. The molecule has 0 heterocycles. The molecule has 19 heavy (non-hydrogen) atoms. The maximum absolute atomic E-state index is 9.44. The van der Waals surface area contributed by atoms with E-state index in [9.17, 15) is 10.2 Å². The maximum atomic E-state index is 9.44. The topological polar surface area (TPSA) is 58.9 Å². The van der Waals surface area contributed by atoms with Gasteiger partial charge in [0.1, 0.15) is 11.5 Å². The van der Waals surface area contributed by atoms with Crippen LogP contribution in [0.3, 0.4) is 0 Å². The summed E-state index contributed by atoms with van der Waals surface area (Å²) in [7, 11) is 1.62. The van der Waals surface area contributed by atoms with Gasteiger partial charge in [-0.1, -0.05) is 13.3 Å². The Hall–Kier alpha value is -1.26. The van der Waals surface area contributed by atoms with Crippen LogP contribution in [0, 0.1) is 5.41 Å². The molecule has 4 nitrogen and oxygen atoms in total. The predicted octanol–water partition coefficient (Wildman–Crippen LogP) is 2.24. The molecule has 4 heteroatoms. The van der Waals surface area contributed by atoms with E-state index in [0.717, 1.165) is 24.3 Å². The highest BCUT2D eigenvalue weighted by Crippen LogP contribution is 2.27. The van der Waals surface area contributed by atoms with Crippen LogP contribution in [-0.2, 0) is 0 Å². The molecule has 0 aliphatic heterocycles. The van der Waals surface area contributed by atoms with Gasteiger partial charge in [0.05, 0.1) is 26.9 Å². The Bertz CT molecular complexity index is 344. The molecule has 0 spiro atoms. The normalized spacial score (nSPS) is 11.4. The van der Waals surface area contributed by atoms with Crippen LogP contribution in [0.4, 0.5) is 0 Å². The lowest BCUT2D eigenvalue weighted by atomic mass is 9.82.